The lowest BCUT2D eigenvalue weighted by atomic mass is 9.89. The van der Waals surface area contributed by atoms with Crippen LogP contribution in [0.1, 0.15) is 44.6 Å². The predicted molar refractivity (Wildman–Crippen MR) is 75.0 cm³/mol. The van der Waals surface area contributed by atoms with Crippen molar-refractivity contribution >= 4 is 11.6 Å². The molecule has 0 unspecified atom stereocenters. The van der Waals surface area contributed by atoms with E-state index in [-0.39, 0.29) is 17.6 Å². The lowest BCUT2D eigenvalue weighted by Gasteiger charge is -2.19. The van der Waals surface area contributed by atoms with Crippen LogP contribution in [0.15, 0.2) is 29.4 Å². The molecule has 0 saturated heterocycles. The number of amides is 1. The van der Waals surface area contributed by atoms with E-state index in [2.05, 4.69) is 10.5 Å². The maximum absolute atomic E-state index is 11.9. The maximum Gasteiger partial charge on any atom is 0.243 e. The Morgan fingerprint density at radius 2 is 1.95 bits per heavy atom. The van der Waals surface area contributed by atoms with Crippen LogP contribution in [-0.2, 0) is 4.79 Å². The molecule has 1 aromatic rings. The third-order valence-corrected chi connectivity index (χ3v) is 3.60. The van der Waals surface area contributed by atoms with E-state index in [0.29, 0.717) is 11.3 Å². The van der Waals surface area contributed by atoms with Gasteiger partial charge in [-0.05, 0) is 31.9 Å². The summed E-state index contributed by atoms with van der Waals surface area (Å²) in [5.74, 6) is 0.264. The number of carbonyl (C=O) groups excluding carboxylic acids is 1. The minimum absolute atomic E-state index is 0.00512. The number of hydrogen-bond acceptors (Lipinski definition) is 3. The Kier molecular flexibility index (Phi) is 4.55. The van der Waals surface area contributed by atoms with Crippen molar-refractivity contribution in [3.05, 3.63) is 29.8 Å². The Balaban J connectivity index is 1.98. The Morgan fingerprint density at radius 3 is 2.63 bits per heavy atom. The Labute approximate surface area is 113 Å². The van der Waals surface area contributed by atoms with Crippen LogP contribution in [0.3, 0.4) is 0 Å². The molecule has 1 aliphatic carbocycles. The van der Waals surface area contributed by atoms with Crippen LogP contribution in [0.4, 0.5) is 0 Å². The molecule has 4 nitrogen and oxygen atoms in total. The molecule has 0 atom stereocenters. The SMILES string of the molecule is C/C(=N\NC(=O)C1CCCCC1)c1ccccc1O. The molecule has 102 valence electrons. The summed E-state index contributed by atoms with van der Waals surface area (Å²) >= 11 is 0. The van der Waals surface area contributed by atoms with E-state index in [9.17, 15) is 9.90 Å². The zero-order chi connectivity index (χ0) is 13.7. The third kappa shape index (κ3) is 3.56. The number of phenolic OH excluding ortho intramolecular Hbond substituents is 1. The zero-order valence-corrected chi connectivity index (χ0v) is 11.2. The van der Waals surface area contributed by atoms with Gasteiger partial charge in [0.05, 0.1) is 5.71 Å². The van der Waals surface area contributed by atoms with Gasteiger partial charge >= 0.3 is 0 Å². The van der Waals surface area contributed by atoms with Crippen molar-refractivity contribution in [2.24, 2.45) is 11.0 Å². The number of benzene rings is 1. The molecule has 1 saturated carbocycles. The minimum atomic E-state index is -0.00512. The Bertz CT molecular complexity index is 477. The summed E-state index contributed by atoms with van der Waals surface area (Å²) in [7, 11) is 0. The van der Waals surface area contributed by atoms with Crippen molar-refractivity contribution in [1.82, 2.24) is 5.43 Å². The van der Waals surface area contributed by atoms with Gasteiger partial charge in [0.2, 0.25) is 5.91 Å². The highest BCUT2D eigenvalue weighted by molar-refractivity contribution is 6.01. The molecule has 19 heavy (non-hydrogen) atoms. The number of nitrogens with one attached hydrogen (secondary N) is 1. The van der Waals surface area contributed by atoms with E-state index in [0.717, 1.165) is 25.7 Å². The summed E-state index contributed by atoms with van der Waals surface area (Å²) in [6, 6.07) is 6.97. The molecule has 0 spiro atoms. The Hall–Kier alpha value is -1.84. The van der Waals surface area contributed by atoms with Crippen LogP contribution in [0.2, 0.25) is 0 Å². The van der Waals surface area contributed by atoms with Crippen LogP contribution in [-0.4, -0.2) is 16.7 Å². The van der Waals surface area contributed by atoms with Gasteiger partial charge in [0.25, 0.3) is 0 Å². The van der Waals surface area contributed by atoms with Gasteiger partial charge in [-0.15, -0.1) is 0 Å². The first kappa shape index (κ1) is 13.6. The number of para-hydroxylation sites is 1. The highest BCUT2D eigenvalue weighted by Crippen LogP contribution is 2.23. The summed E-state index contributed by atoms with van der Waals surface area (Å²) in [5, 5.41) is 13.8. The van der Waals surface area contributed by atoms with Gasteiger partial charge in [-0.1, -0.05) is 31.4 Å². The zero-order valence-electron chi connectivity index (χ0n) is 11.2. The number of hydrogen-bond donors (Lipinski definition) is 2. The first-order valence-corrected chi connectivity index (χ1v) is 6.81. The van der Waals surface area contributed by atoms with Crippen LogP contribution in [0, 0.1) is 5.92 Å². The fourth-order valence-electron chi connectivity index (χ4n) is 2.43. The van der Waals surface area contributed by atoms with Gasteiger partial charge in [0.1, 0.15) is 5.75 Å². The van der Waals surface area contributed by atoms with Gasteiger partial charge < -0.3 is 5.11 Å². The molecule has 4 heteroatoms. The first-order chi connectivity index (χ1) is 9.18. The van der Waals surface area contributed by atoms with Crippen LogP contribution >= 0.6 is 0 Å². The standard InChI is InChI=1S/C15H20N2O2/c1-11(13-9-5-6-10-14(13)18)16-17-15(19)12-7-3-2-4-8-12/h5-6,9-10,12,18H,2-4,7-8H2,1H3,(H,17,19)/b16-11+. The number of rotatable bonds is 3. The molecule has 1 amide bonds. The summed E-state index contributed by atoms with van der Waals surface area (Å²) < 4.78 is 0. The van der Waals surface area contributed by atoms with Crippen molar-refractivity contribution in [3.63, 3.8) is 0 Å². The van der Waals surface area contributed by atoms with E-state index in [4.69, 9.17) is 0 Å². The topological polar surface area (TPSA) is 61.7 Å². The van der Waals surface area contributed by atoms with E-state index in [1.165, 1.54) is 6.42 Å². The second-order valence-electron chi connectivity index (χ2n) is 5.03. The normalized spacial score (nSPS) is 17.2. The van der Waals surface area contributed by atoms with Gasteiger partial charge in [-0.25, -0.2) is 5.43 Å². The highest BCUT2D eigenvalue weighted by atomic mass is 16.3. The largest absolute Gasteiger partial charge is 0.507 e. The maximum atomic E-state index is 11.9. The lowest BCUT2D eigenvalue weighted by molar-refractivity contribution is -0.125. The molecule has 0 bridgehead atoms. The lowest BCUT2D eigenvalue weighted by Crippen LogP contribution is -2.29. The Morgan fingerprint density at radius 1 is 1.26 bits per heavy atom. The molecule has 1 fully saturated rings. The third-order valence-electron chi connectivity index (χ3n) is 3.60. The molecule has 0 aliphatic heterocycles. The monoisotopic (exact) mass is 260 g/mol. The van der Waals surface area contributed by atoms with Gasteiger partial charge in [-0.3, -0.25) is 4.79 Å². The second kappa shape index (κ2) is 6.36. The highest BCUT2D eigenvalue weighted by Gasteiger charge is 2.20. The van der Waals surface area contributed by atoms with Gasteiger partial charge in [0.15, 0.2) is 0 Å². The summed E-state index contributed by atoms with van der Waals surface area (Å²) in [6.45, 7) is 1.77. The summed E-state index contributed by atoms with van der Waals surface area (Å²) in [6.07, 6.45) is 5.39. The van der Waals surface area contributed by atoms with E-state index in [1.807, 2.05) is 6.07 Å². The quantitative estimate of drug-likeness (QED) is 0.648. The molecular formula is C15H20N2O2. The van der Waals surface area contributed by atoms with E-state index in [1.54, 1.807) is 25.1 Å². The van der Waals surface area contributed by atoms with Gasteiger partial charge in [-0.2, -0.15) is 5.10 Å². The molecular weight excluding hydrogens is 240 g/mol. The summed E-state index contributed by atoms with van der Waals surface area (Å²) in [5.41, 5.74) is 3.87. The number of phenols is 1. The number of nitrogens with zero attached hydrogens (tertiary/aromatic N) is 1. The smallest absolute Gasteiger partial charge is 0.243 e. The molecule has 0 aromatic heterocycles. The second-order valence-corrected chi connectivity index (χ2v) is 5.03. The predicted octanol–water partition coefficient (Wildman–Crippen LogP) is 2.81. The molecule has 0 radical (unpaired) electrons. The number of carbonyl (C=O) groups is 1. The fourth-order valence-corrected chi connectivity index (χ4v) is 2.43. The average molecular weight is 260 g/mol. The van der Waals surface area contributed by atoms with Crippen molar-refractivity contribution in [3.8, 4) is 5.75 Å². The van der Waals surface area contributed by atoms with E-state index < -0.39 is 0 Å². The fraction of sp³-hybridized carbons (Fsp3) is 0.467. The van der Waals surface area contributed by atoms with E-state index >= 15 is 0 Å². The van der Waals surface area contributed by atoms with Gasteiger partial charge in [0, 0.05) is 11.5 Å². The molecule has 2 rings (SSSR count). The molecule has 0 heterocycles. The minimum Gasteiger partial charge on any atom is -0.507 e. The van der Waals surface area contributed by atoms with Crippen LogP contribution in [0.5, 0.6) is 5.75 Å². The van der Waals surface area contributed by atoms with Crippen molar-refractivity contribution in [2.75, 3.05) is 0 Å². The van der Waals surface area contributed by atoms with Crippen molar-refractivity contribution < 1.29 is 9.90 Å². The van der Waals surface area contributed by atoms with Crippen LogP contribution in [0.25, 0.3) is 0 Å². The molecule has 1 aliphatic rings. The molecule has 1 aromatic carbocycles. The summed E-state index contributed by atoms with van der Waals surface area (Å²) in [4.78, 5) is 11.9. The molecule has 2 N–H and O–H groups in total. The van der Waals surface area contributed by atoms with Crippen molar-refractivity contribution in [1.29, 1.82) is 0 Å². The average Bonchev–Trinajstić information content (AvgIpc) is 2.46. The first-order valence-electron chi connectivity index (χ1n) is 6.81. The van der Waals surface area contributed by atoms with Crippen LogP contribution < -0.4 is 5.43 Å². The number of hydrazone groups is 1. The number of aromatic hydroxyl groups is 1. The van der Waals surface area contributed by atoms with Crippen molar-refractivity contribution in [2.45, 2.75) is 39.0 Å².